The first-order valence-electron chi connectivity index (χ1n) is 9.38. The number of para-hydroxylation sites is 1. The second-order valence-corrected chi connectivity index (χ2v) is 7.55. The van der Waals surface area contributed by atoms with Gasteiger partial charge in [-0.1, -0.05) is 30.0 Å². The van der Waals surface area contributed by atoms with Gasteiger partial charge in [0.25, 0.3) is 5.56 Å². The third-order valence-electron chi connectivity index (χ3n) is 4.26. The molecule has 0 saturated heterocycles. The first-order chi connectivity index (χ1) is 15.4. The van der Waals surface area contributed by atoms with E-state index in [-0.39, 0.29) is 28.3 Å². The summed E-state index contributed by atoms with van der Waals surface area (Å²) < 4.78 is 4.76. The lowest BCUT2D eigenvalue weighted by Gasteiger charge is -2.08. The first kappa shape index (κ1) is 21.2. The van der Waals surface area contributed by atoms with Gasteiger partial charge in [-0.25, -0.2) is 14.8 Å². The number of carbonyl (C=O) groups excluding carboxylic acids is 1. The number of aryl methyl sites for hydroxylation is 1. The number of nitrogens with one attached hydrogen (secondary N) is 2. The second-order valence-electron chi connectivity index (χ2n) is 6.59. The number of esters is 1. The molecule has 4 N–H and O–H groups in total. The van der Waals surface area contributed by atoms with E-state index in [4.69, 9.17) is 10.5 Å². The van der Waals surface area contributed by atoms with E-state index in [2.05, 4.69) is 35.2 Å². The van der Waals surface area contributed by atoms with Crippen molar-refractivity contribution in [2.75, 3.05) is 18.2 Å². The van der Waals surface area contributed by atoms with Gasteiger partial charge in [-0.2, -0.15) is 15.0 Å². The molecule has 1 aromatic carbocycles. The Kier molecular flexibility index (Phi) is 5.94. The van der Waals surface area contributed by atoms with E-state index in [1.54, 1.807) is 6.92 Å². The molecule has 32 heavy (non-hydrogen) atoms. The zero-order chi connectivity index (χ0) is 22.7. The van der Waals surface area contributed by atoms with E-state index in [0.717, 1.165) is 5.69 Å². The highest BCUT2D eigenvalue weighted by atomic mass is 32.2. The van der Waals surface area contributed by atoms with Crippen molar-refractivity contribution in [1.82, 2.24) is 29.9 Å². The van der Waals surface area contributed by atoms with E-state index in [0.29, 0.717) is 22.6 Å². The molecule has 0 aliphatic rings. The fourth-order valence-corrected chi connectivity index (χ4v) is 3.64. The molecular formula is C20H18N8O3S. The Balaban J connectivity index is 1.59. The molecule has 0 fully saturated rings. The highest BCUT2D eigenvalue weighted by molar-refractivity contribution is 7.98. The normalized spacial score (nSPS) is 10.8. The van der Waals surface area contributed by atoms with Gasteiger partial charge < -0.3 is 20.8 Å². The number of H-pyrrole nitrogens is 1. The summed E-state index contributed by atoms with van der Waals surface area (Å²) in [7, 11) is 1.25. The number of hydrogen-bond donors (Lipinski definition) is 3. The van der Waals surface area contributed by atoms with Crippen LogP contribution in [0.5, 0.6) is 0 Å². The number of nitrogen functional groups attached to an aromatic ring is 1. The Bertz CT molecular complexity index is 1360. The van der Waals surface area contributed by atoms with Crippen LogP contribution in [0.1, 0.15) is 21.9 Å². The van der Waals surface area contributed by atoms with Crippen LogP contribution in [-0.2, 0) is 10.5 Å². The molecule has 3 heterocycles. The summed E-state index contributed by atoms with van der Waals surface area (Å²) in [6, 6.07) is 10.9. The van der Waals surface area contributed by atoms with Crippen LogP contribution in [-0.4, -0.2) is 43.0 Å². The van der Waals surface area contributed by atoms with Crippen LogP contribution in [0.25, 0.3) is 11.0 Å². The van der Waals surface area contributed by atoms with Gasteiger partial charge in [-0.3, -0.25) is 4.79 Å². The molecule has 0 spiro atoms. The van der Waals surface area contributed by atoms with Gasteiger partial charge in [0.15, 0.2) is 10.8 Å². The van der Waals surface area contributed by atoms with Gasteiger partial charge in [-0.05, 0) is 25.1 Å². The van der Waals surface area contributed by atoms with E-state index in [9.17, 15) is 9.59 Å². The lowest BCUT2D eigenvalue weighted by atomic mass is 10.1. The smallest absolute Gasteiger partial charge is 0.338 e. The van der Waals surface area contributed by atoms with Crippen molar-refractivity contribution in [1.29, 1.82) is 0 Å². The zero-order valence-corrected chi connectivity index (χ0v) is 17.9. The molecule has 11 nitrogen and oxygen atoms in total. The zero-order valence-electron chi connectivity index (χ0n) is 17.1. The Morgan fingerprint density at radius 2 is 1.94 bits per heavy atom. The molecule has 0 atom stereocenters. The molecule has 162 valence electrons. The van der Waals surface area contributed by atoms with Gasteiger partial charge in [0.1, 0.15) is 5.82 Å². The molecule has 12 heteroatoms. The number of methoxy groups -OCH3 is 1. The number of anilines is 3. The predicted molar refractivity (Wildman–Crippen MR) is 120 cm³/mol. The molecule has 4 aromatic rings. The van der Waals surface area contributed by atoms with E-state index >= 15 is 0 Å². The highest BCUT2D eigenvalue weighted by Gasteiger charge is 2.18. The van der Waals surface area contributed by atoms with Crippen LogP contribution in [0, 0.1) is 6.92 Å². The molecule has 0 aliphatic heterocycles. The summed E-state index contributed by atoms with van der Waals surface area (Å²) in [6.45, 7) is 1.70. The fourth-order valence-electron chi connectivity index (χ4n) is 2.93. The number of aromatic nitrogens is 6. The lowest BCUT2D eigenvalue weighted by Crippen LogP contribution is -2.16. The predicted octanol–water partition coefficient (Wildman–Crippen LogP) is 2.22. The maximum Gasteiger partial charge on any atom is 0.338 e. The summed E-state index contributed by atoms with van der Waals surface area (Å²) in [5, 5.41) is 3.44. The number of aromatic amines is 1. The van der Waals surface area contributed by atoms with Crippen LogP contribution in [0.2, 0.25) is 0 Å². The topological polar surface area (TPSA) is 162 Å². The van der Waals surface area contributed by atoms with E-state index in [1.165, 1.54) is 24.9 Å². The summed E-state index contributed by atoms with van der Waals surface area (Å²) in [5.41, 5.74) is 6.93. The molecular weight excluding hydrogens is 432 g/mol. The largest absolute Gasteiger partial charge is 0.465 e. The van der Waals surface area contributed by atoms with E-state index in [1.807, 2.05) is 30.3 Å². The maximum absolute atomic E-state index is 12.6. The minimum atomic E-state index is -0.632. The number of rotatable bonds is 6. The molecule has 4 rings (SSSR count). The number of nitrogens with zero attached hydrogens (tertiary/aromatic N) is 5. The third kappa shape index (κ3) is 4.64. The standard InChI is InChI=1S/C20H18N8O3S/c1-10-8-12(17(30)31-2)14-15(22-10)26-20(27-16(14)29)32-9-13-24-18(21)28-19(25-13)23-11-6-4-3-5-7-11/h3-8H,9H2,1-2H3,(H,22,26,27,29)(H3,21,23,24,25,28). The Morgan fingerprint density at radius 1 is 1.16 bits per heavy atom. The van der Waals surface area contributed by atoms with Crippen molar-refractivity contribution in [2.45, 2.75) is 17.8 Å². The number of fused-ring (bicyclic) bond motifs is 1. The van der Waals surface area contributed by atoms with Crippen LogP contribution < -0.4 is 16.6 Å². The van der Waals surface area contributed by atoms with Crippen molar-refractivity contribution in [3.8, 4) is 0 Å². The van der Waals surface area contributed by atoms with Crippen molar-refractivity contribution >= 4 is 46.3 Å². The minimum Gasteiger partial charge on any atom is -0.465 e. The van der Waals surface area contributed by atoms with Gasteiger partial charge in [0, 0.05) is 11.4 Å². The third-order valence-corrected chi connectivity index (χ3v) is 5.12. The SMILES string of the molecule is COC(=O)c1cc(C)nc2nc(SCc3nc(N)nc(Nc4ccccc4)n3)[nH]c(=O)c12. The minimum absolute atomic E-state index is 0.0639. The number of thioether (sulfide) groups is 1. The molecule has 0 saturated carbocycles. The van der Waals surface area contributed by atoms with Gasteiger partial charge >= 0.3 is 5.97 Å². The van der Waals surface area contributed by atoms with Gasteiger partial charge in [0.2, 0.25) is 11.9 Å². The van der Waals surface area contributed by atoms with Gasteiger partial charge in [0.05, 0.1) is 23.8 Å². The lowest BCUT2D eigenvalue weighted by molar-refractivity contribution is 0.0602. The monoisotopic (exact) mass is 450 g/mol. The number of hydrogen-bond acceptors (Lipinski definition) is 11. The van der Waals surface area contributed by atoms with Crippen molar-refractivity contribution in [2.24, 2.45) is 0 Å². The molecule has 0 amide bonds. The van der Waals surface area contributed by atoms with Crippen LogP contribution >= 0.6 is 11.8 Å². The summed E-state index contributed by atoms with van der Waals surface area (Å²) in [6.07, 6.45) is 0. The molecule has 0 unspecified atom stereocenters. The van der Waals surface area contributed by atoms with Crippen molar-refractivity contribution in [3.05, 3.63) is 63.8 Å². The molecule has 0 radical (unpaired) electrons. The number of ether oxygens (including phenoxy) is 1. The Labute approximate surface area is 185 Å². The quantitative estimate of drug-likeness (QED) is 0.224. The number of nitrogens with two attached hydrogens (primary N) is 1. The molecule has 3 aromatic heterocycles. The maximum atomic E-state index is 12.6. The Morgan fingerprint density at radius 3 is 2.69 bits per heavy atom. The average molecular weight is 450 g/mol. The average Bonchev–Trinajstić information content (AvgIpc) is 2.76. The molecule has 0 aliphatic carbocycles. The summed E-state index contributed by atoms with van der Waals surface area (Å²) >= 11 is 1.19. The van der Waals surface area contributed by atoms with Crippen molar-refractivity contribution in [3.63, 3.8) is 0 Å². The van der Waals surface area contributed by atoms with Gasteiger partial charge in [-0.15, -0.1) is 0 Å². The van der Waals surface area contributed by atoms with Crippen LogP contribution in [0.3, 0.4) is 0 Å². The first-order valence-corrected chi connectivity index (χ1v) is 10.4. The van der Waals surface area contributed by atoms with E-state index < -0.39 is 11.5 Å². The summed E-state index contributed by atoms with van der Waals surface area (Å²) in [4.78, 5) is 48.6. The Hall–Kier alpha value is -4.06. The van der Waals surface area contributed by atoms with Crippen molar-refractivity contribution < 1.29 is 9.53 Å². The van der Waals surface area contributed by atoms with Crippen LogP contribution in [0.15, 0.2) is 46.3 Å². The number of benzene rings is 1. The second kappa shape index (κ2) is 8.98. The van der Waals surface area contributed by atoms with Crippen LogP contribution in [0.4, 0.5) is 17.6 Å². The summed E-state index contributed by atoms with van der Waals surface area (Å²) in [5.74, 6) is 0.400. The fraction of sp³-hybridized carbons (Fsp3) is 0.150. The number of carbonyl (C=O) groups is 1. The molecule has 0 bridgehead atoms. The highest BCUT2D eigenvalue weighted by Crippen LogP contribution is 2.21. The number of pyridine rings is 1.